The molecule has 2 heterocycles. The lowest BCUT2D eigenvalue weighted by molar-refractivity contribution is -0.151. The Morgan fingerprint density at radius 3 is 2.52 bits per heavy atom. The fourth-order valence-corrected chi connectivity index (χ4v) is 5.45. The SMILES string of the molecule is CCC(O)C(C)C1OC1CC(C)(O)/C=C/C=C(\C)C1OC(=O)CC(O)CCC(C)C(OC(=O)N(C)CCN(C)C)/C=C/C1C. The summed E-state index contributed by atoms with van der Waals surface area (Å²) in [5.74, 6) is -0.803. The Kier molecular flexibility index (Phi) is 15.1. The first-order chi connectivity index (χ1) is 20.5. The van der Waals surface area contributed by atoms with Crippen LogP contribution in [0.4, 0.5) is 4.79 Å². The quantitative estimate of drug-likeness (QED) is 0.127. The maximum Gasteiger partial charge on any atom is 0.410 e. The van der Waals surface area contributed by atoms with Crippen LogP contribution in [0, 0.1) is 17.8 Å². The van der Waals surface area contributed by atoms with Crippen LogP contribution in [0.5, 0.6) is 0 Å². The summed E-state index contributed by atoms with van der Waals surface area (Å²) in [6.07, 6.45) is 7.91. The lowest BCUT2D eigenvalue weighted by Gasteiger charge is -2.28. The number of aliphatic hydroxyl groups is 3. The van der Waals surface area contributed by atoms with Crippen molar-refractivity contribution >= 4 is 12.1 Å². The van der Waals surface area contributed by atoms with Gasteiger partial charge in [0.1, 0.15) is 12.2 Å². The summed E-state index contributed by atoms with van der Waals surface area (Å²) in [5, 5.41) is 31.6. The number of cyclic esters (lactones) is 1. The Morgan fingerprint density at radius 2 is 1.89 bits per heavy atom. The van der Waals surface area contributed by atoms with E-state index in [-0.39, 0.29) is 36.4 Å². The van der Waals surface area contributed by atoms with Gasteiger partial charge in [0, 0.05) is 38.4 Å². The van der Waals surface area contributed by atoms with Gasteiger partial charge in [-0.3, -0.25) is 4.79 Å². The first-order valence-electron chi connectivity index (χ1n) is 16.1. The van der Waals surface area contributed by atoms with E-state index in [1.165, 1.54) is 0 Å². The monoisotopic (exact) mass is 622 g/mol. The third kappa shape index (κ3) is 12.6. The molecule has 3 N–H and O–H groups in total. The fourth-order valence-electron chi connectivity index (χ4n) is 5.45. The molecule has 2 aliphatic rings. The van der Waals surface area contributed by atoms with Crippen molar-refractivity contribution in [3.8, 4) is 0 Å². The van der Waals surface area contributed by atoms with Crippen LogP contribution in [0.3, 0.4) is 0 Å². The number of hydrogen-bond acceptors (Lipinski definition) is 9. The summed E-state index contributed by atoms with van der Waals surface area (Å²) in [4.78, 5) is 29.2. The van der Waals surface area contributed by atoms with E-state index in [1.807, 2.05) is 71.8 Å². The van der Waals surface area contributed by atoms with Gasteiger partial charge in [-0.1, -0.05) is 52.0 Å². The van der Waals surface area contributed by atoms with Crippen molar-refractivity contribution in [2.24, 2.45) is 17.8 Å². The van der Waals surface area contributed by atoms with Crippen molar-refractivity contribution in [1.82, 2.24) is 9.80 Å². The summed E-state index contributed by atoms with van der Waals surface area (Å²) in [6.45, 7) is 12.6. The second kappa shape index (κ2) is 17.5. The topological polar surface area (TPSA) is 132 Å². The number of epoxide rings is 1. The molecular formula is C34H58N2O8. The molecule has 1 saturated heterocycles. The molecule has 44 heavy (non-hydrogen) atoms. The Morgan fingerprint density at radius 1 is 1.20 bits per heavy atom. The standard InChI is InChI=1S/C34H58N2O8/c1-10-27(38)25(5)32-29(42-32)21-34(6,41)17-11-12-23(3)31-24(4)14-16-28(43-33(40)36(9)19-18-35(7)8)22(2)13-15-26(37)20-30(39)44-31/h11-12,14,16-17,22,24-29,31-32,37-38,41H,10,13,15,18-21H2,1-9H3/b16-14+,17-11+,23-12+. The zero-order chi connectivity index (χ0) is 33.2. The van der Waals surface area contributed by atoms with E-state index in [0.29, 0.717) is 38.8 Å². The lowest BCUT2D eigenvalue weighted by Crippen LogP contribution is -2.37. The number of rotatable bonds is 12. The molecule has 0 aromatic carbocycles. The van der Waals surface area contributed by atoms with E-state index in [9.17, 15) is 24.9 Å². The van der Waals surface area contributed by atoms with E-state index in [2.05, 4.69) is 0 Å². The highest BCUT2D eigenvalue weighted by molar-refractivity contribution is 5.70. The van der Waals surface area contributed by atoms with Crippen molar-refractivity contribution in [1.29, 1.82) is 0 Å². The fraction of sp³-hybridized carbons (Fsp3) is 0.765. The summed E-state index contributed by atoms with van der Waals surface area (Å²) >= 11 is 0. The number of ether oxygens (including phenoxy) is 3. The van der Waals surface area contributed by atoms with E-state index < -0.39 is 42.1 Å². The van der Waals surface area contributed by atoms with Crippen molar-refractivity contribution in [3.63, 3.8) is 0 Å². The highest BCUT2D eigenvalue weighted by Crippen LogP contribution is 2.37. The number of allylic oxidation sites excluding steroid dienone is 2. The van der Waals surface area contributed by atoms with Crippen molar-refractivity contribution in [2.45, 2.75) is 116 Å². The van der Waals surface area contributed by atoms with Crippen LogP contribution in [0.15, 0.2) is 36.0 Å². The zero-order valence-electron chi connectivity index (χ0n) is 28.3. The average Bonchev–Trinajstić information content (AvgIpc) is 3.71. The molecule has 2 rings (SSSR count). The average molecular weight is 623 g/mol. The van der Waals surface area contributed by atoms with Crippen LogP contribution in [-0.4, -0.2) is 114 Å². The van der Waals surface area contributed by atoms with Gasteiger partial charge in [0.2, 0.25) is 0 Å². The van der Waals surface area contributed by atoms with Crippen LogP contribution in [0.1, 0.15) is 73.6 Å². The van der Waals surface area contributed by atoms with Gasteiger partial charge < -0.3 is 39.3 Å². The van der Waals surface area contributed by atoms with Gasteiger partial charge in [-0.05, 0) is 64.8 Å². The summed E-state index contributed by atoms with van der Waals surface area (Å²) in [5.41, 5.74) is -0.363. The molecular weight excluding hydrogens is 564 g/mol. The minimum Gasteiger partial charge on any atom is -0.457 e. The predicted molar refractivity (Wildman–Crippen MR) is 171 cm³/mol. The molecule has 0 radical (unpaired) electrons. The van der Waals surface area contributed by atoms with Crippen molar-refractivity contribution < 1.29 is 39.1 Å². The second-order valence-electron chi connectivity index (χ2n) is 13.4. The van der Waals surface area contributed by atoms with Crippen LogP contribution < -0.4 is 0 Å². The smallest absolute Gasteiger partial charge is 0.410 e. The number of carbonyl (C=O) groups excluding carboxylic acids is 2. The molecule has 0 aromatic rings. The van der Waals surface area contributed by atoms with Crippen molar-refractivity contribution in [3.05, 3.63) is 36.0 Å². The van der Waals surface area contributed by atoms with E-state index >= 15 is 0 Å². The molecule has 10 unspecified atom stereocenters. The largest absolute Gasteiger partial charge is 0.457 e. The van der Waals surface area contributed by atoms with Crippen LogP contribution in [0.25, 0.3) is 0 Å². The Labute approximate surface area is 264 Å². The zero-order valence-corrected chi connectivity index (χ0v) is 28.3. The highest BCUT2D eigenvalue weighted by atomic mass is 16.6. The van der Waals surface area contributed by atoms with E-state index in [0.717, 1.165) is 5.57 Å². The minimum atomic E-state index is -1.13. The molecule has 10 nitrogen and oxygen atoms in total. The Hall–Kier alpha value is -2.24. The summed E-state index contributed by atoms with van der Waals surface area (Å²) in [6, 6.07) is 0. The molecule has 252 valence electrons. The molecule has 0 spiro atoms. The van der Waals surface area contributed by atoms with Gasteiger partial charge in [0.05, 0.1) is 36.4 Å². The number of amides is 1. The molecule has 0 bridgehead atoms. The molecule has 1 fully saturated rings. The normalized spacial score (nSPS) is 32.2. The van der Waals surface area contributed by atoms with Gasteiger partial charge in [0.25, 0.3) is 0 Å². The lowest BCUT2D eigenvalue weighted by atomic mass is 9.91. The first kappa shape index (κ1) is 37.9. The maximum absolute atomic E-state index is 12.8. The molecule has 10 heteroatoms. The van der Waals surface area contributed by atoms with Gasteiger partial charge in [0.15, 0.2) is 0 Å². The number of likely N-dealkylation sites (N-methyl/N-ethyl adjacent to an activating group) is 2. The first-order valence-corrected chi connectivity index (χ1v) is 16.1. The van der Waals surface area contributed by atoms with Crippen molar-refractivity contribution in [2.75, 3.05) is 34.2 Å². The Bertz CT molecular complexity index is 1010. The van der Waals surface area contributed by atoms with Gasteiger partial charge in [-0.25, -0.2) is 4.79 Å². The predicted octanol–water partition coefficient (Wildman–Crippen LogP) is 4.09. The minimum absolute atomic E-state index is 0.00542. The summed E-state index contributed by atoms with van der Waals surface area (Å²) < 4.78 is 17.5. The van der Waals surface area contributed by atoms with E-state index in [1.54, 1.807) is 31.0 Å². The second-order valence-corrected chi connectivity index (χ2v) is 13.4. The van der Waals surface area contributed by atoms with Crippen LogP contribution in [0.2, 0.25) is 0 Å². The third-order valence-corrected chi connectivity index (χ3v) is 8.73. The molecule has 0 aliphatic carbocycles. The molecule has 0 aromatic heterocycles. The third-order valence-electron chi connectivity index (χ3n) is 8.73. The van der Waals surface area contributed by atoms with E-state index in [4.69, 9.17) is 14.2 Å². The number of aliphatic hydroxyl groups excluding tert-OH is 2. The number of nitrogens with zero attached hydrogens (tertiary/aromatic N) is 2. The maximum atomic E-state index is 12.8. The van der Waals surface area contributed by atoms with Gasteiger partial charge in [-0.2, -0.15) is 0 Å². The molecule has 1 amide bonds. The van der Waals surface area contributed by atoms with Gasteiger partial charge in [-0.15, -0.1) is 0 Å². The highest BCUT2D eigenvalue weighted by Gasteiger charge is 2.47. The van der Waals surface area contributed by atoms with Crippen LogP contribution in [-0.2, 0) is 19.0 Å². The number of esters is 1. The summed E-state index contributed by atoms with van der Waals surface area (Å²) in [7, 11) is 5.60. The molecule has 10 atom stereocenters. The number of hydrogen-bond donors (Lipinski definition) is 3. The number of carbonyl (C=O) groups is 2. The molecule has 0 saturated carbocycles. The Balaban J connectivity index is 2.17. The van der Waals surface area contributed by atoms with Crippen LogP contribution >= 0.6 is 0 Å². The molecule has 2 aliphatic heterocycles. The van der Waals surface area contributed by atoms with Gasteiger partial charge >= 0.3 is 12.1 Å².